The summed E-state index contributed by atoms with van der Waals surface area (Å²) in [5.41, 5.74) is 5.42. The van der Waals surface area contributed by atoms with E-state index in [1.807, 2.05) is 11.6 Å². The Hall–Kier alpha value is -1.77. The third-order valence-corrected chi connectivity index (χ3v) is 4.68. The van der Waals surface area contributed by atoms with Crippen molar-refractivity contribution in [1.29, 1.82) is 0 Å². The second kappa shape index (κ2) is 6.33. The van der Waals surface area contributed by atoms with Crippen LogP contribution in [0, 0.1) is 5.82 Å². The standard InChI is InChI=1S/C13H17FN4O2S/c1-18-8-7-16-13(18)5-6-17-21(19,20)12-4-2-3-11(14)10(12)9-15/h2-4,7-8,17H,5-6,9,15H2,1H3. The second-order valence-electron chi connectivity index (χ2n) is 4.52. The molecule has 0 aliphatic heterocycles. The summed E-state index contributed by atoms with van der Waals surface area (Å²) >= 11 is 0. The zero-order valence-corrected chi connectivity index (χ0v) is 12.4. The third-order valence-electron chi connectivity index (χ3n) is 3.13. The van der Waals surface area contributed by atoms with Crippen LogP contribution in [-0.2, 0) is 30.0 Å². The molecule has 0 amide bonds. The van der Waals surface area contributed by atoms with Crippen molar-refractivity contribution < 1.29 is 12.8 Å². The van der Waals surface area contributed by atoms with Gasteiger partial charge in [0.2, 0.25) is 10.0 Å². The lowest BCUT2D eigenvalue weighted by Crippen LogP contribution is -2.28. The minimum atomic E-state index is -3.80. The summed E-state index contributed by atoms with van der Waals surface area (Å²) in [7, 11) is -1.97. The first-order valence-electron chi connectivity index (χ1n) is 6.39. The van der Waals surface area contributed by atoms with Crippen molar-refractivity contribution in [2.24, 2.45) is 12.8 Å². The Morgan fingerprint density at radius 1 is 1.43 bits per heavy atom. The maximum absolute atomic E-state index is 13.6. The largest absolute Gasteiger partial charge is 0.338 e. The summed E-state index contributed by atoms with van der Waals surface area (Å²) in [4.78, 5) is 3.98. The highest BCUT2D eigenvalue weighted by Crippen LogP contribution is 2.18. The van der Waals surface area contributed by atoms with Gasteiger partial charge in [-0.15, -0.1) is 0 Å². The maximum atomic E-state index is 13.6. The Kier molecular flexibility index (Phi) is 4.71. The van der Waals surface area contributed by atoms with Crippen molar-refractivity contribution in [3.05, 3.63) is 47.8 Å². The zero-order chi connectivity index (χ0) is 15.5. The first kappa shape index (κ1) is 15.6. The number of sulfonamides is 1. The van der Waals surface area contributed by atoms with Crippen LogP contribution in [0.5, 0.6) is 0 Å². The maximum Gasteiger partial charge on any atom is 0.241 e. The van der Waals surface area contributed by atoms with Crippen molar-refractivity contribution in [2.45, 2.75) is 17.9 Å². The van der Waals surface area contributed by atoms with E-state index in [2.05, 4.69) is 9.71 Å². The highest BCUT2D eigenvalue weighted by molar-refractivity contribution is 7.89. The Bertz CT molecular complexity index is 728. The van der Waals surface area contributed by atoms with E-state index < -0.39 is 15.8 Å². The number of hydrogen-bond donors (Lipinski definition) is 2. The predicted octanol–water partition coefficient (Wildman–Crippen LogP) is 0.539. The summed E-state index contributed by atoms with van der Waals surface area (Å²) in [6.07, 6.45) is 3.86. The van der Waals surface area contributed by atoms with E-state index >= 15 is 0 Å². The van der Waals surface area contributed by atoms with Crippen molar-refractivity contribution in [1.82, 2.24) is 14.3 Å². The molecule has 1 aromatic heterocycles. The number of nitrogens with zero attached hydrogens (tertiary/aromatic N) is 2. The molecule has 0 aliphatic carbocycles. The van der Waals surface area contributed by atoms with Crippen molar-refractivity contribution in [3.8, 4) is 0 Å². The molecule has 0 radical (unpaired) electrons. The Morgan fingerprint density at radius 2 is 2.19 bits per heavy atom. The fourth-order valence-electron chi connectivity index (χ4n) is 2.00. The van der Waals surface area contributed by atoms with Gasteiger partial charge in [-0.25, -0.2) is 22.5 Å². The average Bonchev–Trinajstić information content (AvgIpc) is 2.84. The van der Waals surface area contributed by atoms with Crippen LogP contribution in [0.1, 0.15) is 11.4 Å². The molecule has 8 heteroatoms. The molecular formula is C13H17FN4O2S. The molecule has 6 nitrogen and oxygen atoms in total. The number of nitrogens with one attached hydrogen (secondary N) is 1. The van der Waals surface area contributed by atoms with Crippen molar-refractivity contribution >= 4 is 10.0 Å². The van der Waals surface area contributed by atoms with Crippen LogP contribution in [0.25, 0.3) is 0 Å². The van der Waals surface area contributed by atoms with Crippen LogP contribution < -0.4 is 10.5 Å². The van der Waals surface area contributed by atoms with Crippen molar-refractivity contribution in [2.75, 3.05) is 6.54 Å². The van der Waals surface area contributed by atoms with E-state index in [1.54, 1.807) is 12.4 Å². The lowest BCUT2D eigenvalue weighted by atomic mass is 10.2. The van der Waals surface area contributed by atoms with E-state index in [-0.39, 0.29) is 23.5 Å². The Morgan fingerprint density at radius 3 is 2.81 bits per heavy atom. The number of aromatic nitrogens is 2. The number of rotatable bonds is 6. The first-order chi connectivity index (χ1) is 9.95. The molecule has 2 rings (SSSR count). The van der Waals surface area contributed by atoms with E-state index in [4.69, 9.17) is 5.73 Å². The van der Waals surface area contributed by atoms with Gasteiger partial charge >= 0.3 is 0 Å². The van der Waals surface area contributed by atoms with Gasteiger partial charge in [-0.3, -0.25) is 0 Å². The highest BCUT2D eigenvalue weighted by Gasteiger charge is 2.19. The lowest BCUT2D eigenvalue weighted by Gasteiger charge is -2.11. The lowest BCUT2D eigenvalue weighted by molar-refractivity contribution is 0.570. The van der Waals surface area contributed by atoms with E-state index in [9.17, 15) is 12.8 Å². The molecule has 0 saturated carbocycles. The predicted molar refractivity (Wildman–Crippen MR) is 76.4 cm³/mol. The molecule has 0 unspecified atom stereocenters. The van der Waals surface area contributed by atoms with Crippen LogP contribution in [-0.4, -0.2) is 24.5 Å². The summed E-state index contributed by atoms with van der Waals surface area (Å²) < 4.78 is 42.3. The molecule has 3 N–H and O–H groups in total. The molecule has 114 valence electrons. The summed E-state index contributed by atoms with van der Waals surface area (Å²) in [5.74, 6) is 0.139. The van der Waals surface area contributed by atoms with Crippen LogP contribution >= 0.6 is 0 Å². The summed E-state index contributed by atoms with van der Waals surface area (Å²) in [6.45, 7) is -0.00397. The van der Waals surface area contributed by atoms with Gasteiger partial charge in [0.15, 0.2) is 0 Å². The van der Waals surface area contributed by atoms with E-state index in [1.165, 1.54) is 18.2 Å². The molecule has 0 atom stereocenters. The van der Waals surface area contributed by atoms with Gasteiger partial charge in [0.05, 0.1) is 4.90 Å². The smallest absolute Gasteiger partial charge is 0.241 e. The van der Waals surface area contributed by atoms with Crippen LogP contribution in [0.3, 0.4) is 0 Å². The van der Waals surface area contributed by atoms with E-state index in [0.717, 1.165) is 5.82 Å². The fourth-order valence-corrected chi connectivity index (χ4v) is 3.29. The molecule has 1 heterocycles. The highest BCUT2D eigenvalue weighted by atomic mass is 32.2. The number of aryl methyl sites for hydroxylation is 1. The van der Waals surface area contributed by atoms with Gasteiger partial charge in [0, 0.05) is 44.5 Å². The first-order valence-corrected chi connectivity index (χ1v) is 7.87. The molecule has 0 spiro atoms. The van der Waals surface area contributed by atoms with Crippen molar-refractivity contribution in [3.63, 3.8) is 0 Å². The van der Waals surface area contributed by atoms with Crippen LogP contribution in [0.2, 0.25) is 0 Å². The third kappa shape index (κ3) is 3.46. The monoisotopic (exact) mass is 312 g/mol. The Balaban J connectivity index is 2.12. The van der Waals surface area contributed by atoms with Gasteiger partial charge in [0.1, 0.15) is 11.6 Å². The van der Waals surface area contributed by atoms with Crippen LogP contribution in [0.15, 0.2) is 35.5 Å². The normalized spacial score (nSPS) is 11.8. The minimum Gasteiger partial charge on any atom is -0.338 e. The summed E-state index contributed by atoms with van der Waals surface area (Å²) in [5, 5.41) is 0. The van der Waals surface area contributed by atoms with Crippen LogP contribution in [0.4, 0.5) is 4.39 Å². The van der Waals surface area contributed by atoms with Gasteiger partial charge in [-0.1, -0.05) is 6.07 Å². The average molecular weight is 312 g/mol. The second-order valence-corrected chi connectivity index (χ2v) is 6.26. The number of hydrogen-bond acceptors (Lipinski definition) is 4. The summed E-state index contributed by atoms with van der Waals surface area (Å²) in [6, 6.07) is 3.88. The number of benzene rings is 1. The molecule has 0 bridgehead atoms. The molecule has 21 heavy (non-hydrogen) atoms. The fraction of sp³-hybridized carbons (Fsp3) is 0.308. The molecular weight excluding hydrogens is 295 g/mol. The minimum absolute atomic E-state index is 0.0120. The number of imidazole rings is 1. The SMILES string of the molecule is Cn1ccnc1CCNS(=O)(=O)c1cccc(F)c1CN. The molecule has 0 aliphatic rings. The molecule has 1 aromatic carbocycles. The Labute approximate surface area is 122 Å². The topological polar surface area (TPSA) is 90.0 Å². The van der Waals surface area contributed by atoms with E-state index in [0.29, 0.717) is 6.42 Å². The van der Waals surface area contributed by atoms with Gasteiger partial charge in [-0.2, -0.15) is 0 Å². The molecule has 2 aromatic rings. The van der Waals surface area contributed by atoms with Gasteiger partial charge in [-0.05, 0) is 12.1 Å². The van der Waals surface area contributed by atoms with Gasteiger partial charge in [0.25, 0.3) is 0 Å². The molecule has 0 fully saturated rings. The zero-order valence-electron chi connectivity index (χ0n) is 11.6. The number of nitrogens with two attached hydrogens (primary N) is 1. The molecule has 0 saturated heterocycles. The van der Waals surface area contributed by atoms with Gasteiger partial charge < -0.3 is 10.3 Å². The number of halogens is 1. The quantitative estimate of drug-likeness (QED) is 0.814.